The van der Waals surface area contributed by atoms with E-state index < -0.39 is 0 Å². The number of allylic oxidation sites excluding steroid dienone is 6. The van der Waals surface area contributed by atoms with Crippen LogP contribution in [0.15, 0.2) is 34.9 Å². The maximum atomic E-state index is 3.77. The fraction of sp³-hybridized carbons (Fsp3) is 0.562. The van der Waals surface area contributed by atoms with E-state index in [-0.39, 0.29) is 0 Å². The molecule has 0 nitrogen and oxygen atoms in total. The molecular weight excluding hydrogens is 192 g/mol. The molecule has 91 valence electrons. The van der Waals surface area contributed by atoms with Crippen molar-refractivity contribution >= 4 is 0 Å². The molecule has 0 fully saturated rings. The maximum absolute atomic E-state index is 3.77. The molecule has 0 heterocycles. The van der Waals surface area contributed by atoms with Crippen LogP contribution in [-0.2, 0) is 0 Å². The average Bonchev–Trinajstić information content (AvgIpc) is 2.28. The van der Waals surface area contributed by atoms with Crippen LogP contribution < -0.4 is 0 Å². The minimum absolute atomic E-state index is 1.14. The van der Waals surface area contributed by atoms with E-state index in [0.29, 0.717) is 0 Å². The van der Waals surface area contributed by atoms with E-state index >= 15 is 0 Å². The quantitative estimate of drug-likeness (QED) is 0.487. The lowest BCUT2D eigenvalue weighted by Gasteiger charge is -2.01. The largest absolute Gasteiger partial charge is 0.0853 e. The molecule has 0 N–H and O–H groups in total. The van der Waals surface area contributed by atoms with Crippen LogP contribution in [0, 0.1) is 6.92 Å². The lowest BCUT2D eigenvalue weighted by atomic mass is 10.1. The second kappa shape index (κ2) is 9.45. The van der Waals surface area contributed by atoms with Crippen molar-refractivity contribution in [2.24, 2.45) is 0 Å². The SMILES string of the molecule is [CH2]C=C(C)CCC=C(C)CCC=C(C)CC. The molecule has 16 heavy (non-hydrogen) atoms. The summed E-state index contributed by atoms with van der Waals surface area (Å²) in [5, 5.41) is 0. The third kappa shape index (κ3) is 8.52. The molecule has 0 aliphatic rings. The molecule has 0 aliphatic carbocycles. The predicted molar refractivity (Wildman–Crippen MR) is 75.4 cm³/mol. The van der Waals surface area contributed by atoms with Gasteiger partial charge in [-0.15, -0.1) is 0 Å². The highest BCUT2D eigenvalue weighted by atomic mass is 14.0. The predicted octanol–water partition coefficient (Wildman–Crippen LogP) is 5.63. The van der Waals surface area contributed by atoms with E-state index in [2.05, 4.69) is 46.8 Å². The summed E-state index contributed by atoms with van der Waals surface area (Å²) in [6.07, 6.45) is 12.5. The van der Waals surface area contributed by atoms with Gasteiger partial charge < -0.3 is 0 Å². The third-order valence-corrected chi connectivity index (χ3v) is 2.97. The summed E-state index contributed by atoms with van der Waals surface area (Å²) in [5.41, 5.74) is 4.39. The lowest BCUT2D eigenvalue weighted by Crippen LogP contribution is -1.80. The zero-order valence-corrected chi connectivity index (χ0v) is 11.5. The average molecular weight is 219 g/mol. The summed E-state index contributed by atoms with van der Waals surface area (Å²) in [6.45, 7) is 12.6. The first-order valence-corrected chi connectivity index (χ1v) is 6.36. The van der Waals surface area contributed by atoms with Crippen molar-refractivity contribution < 1.29 is 0 Å². The molecule has 0 spiro atoms. The monoisotopic (exact) mass is 219 g/mol. The Morgan fingerprint density at radius 1 is 0.875 bits per heavy atom. The Morgan fingerprint density at radius 2 is 1.38 bits per heavy atom. The highest BCUT2D eigenvalue weighted by Gasteiger charge is 1.91. The van der Waals surface area contributed by atoms with Gasteiger partial charge in [0.05, 0.1) is 0 Å². The molecule has 0 rings (SSSR count). The normalized spacial score (nSPS) is 14.4. The second-order valence-electron chi connectivity index (χ2n) is 4.58. The molecule has 0 aromatic carbocycles. The van der Waals surface area contributed by atoms with E-state index in [4.69, 9.17) is 0 Å². The van der Waals surface area contributed by atoms with Crippen LogP contribution in [0.1, 0.15) is 59.8 Å². The second-order valence-corrected chi connectivity index (χ2v) is 4.58. The van der Waals surface area contributed by atoms with Gasteiger partial charge in [-0.25, -0.2) is 0 Å². The Morgan fingerprint density at radius 3 is 1.88 bits per heavy atom. The molecule has 0 saturated carbocycles. The van der Waals surface area contributed by atoms with Crippen LogP contribution in [-0.4, -0.2) is 0 Å². The van der Waals surface area contributed by atoms with Crippen molar-refractivity contribution in [1.29, 1.82) is 0 Å². The van der Waals surface area contributed by atoms with Gasteiger partial charge >= 0.3 is 0 Å². The van der Waals surface area contributed by atoms with Crippen molar-refractivity contribution in [3.05, 3.63) is 41.9 Å². The third-order valence-electron chi connectivity index (χ3n) is 2.97. The van der Waals surface area contributed by atoms with Gasteiger partial charge in [0, 0.05) is 0 Å². The van der Waals surface area contributed by atoms with Gasteiger partial charge in [0.2, 0.25) is 0 Å². The summed E-state index contributed by atoms with van der Waals surface area (Å²) in [4.78, 5) is 0. The van der Waals surface area contributed by atoms with E-state index in [0.717, 1.165) is 12.8 Å². The van der Waals surface area contributed by atoms with Crippen molar-refractivity contribution in [1.82, 2.24) is 0 Å². The minimum atomic E-state index is 1.14. The molecule has 1 radical (unpaired) electrons. The lowest BCUT2D eigenvalue weighted by molar-refractivity contribution is 0.913. The zero-order chi connectivity index (χ0) is 12.4. The van der Waals surface area contributed by atoms with Gasteiger partial charge in [-0.1, -0.05) is 41.9 Å². The van der Waals surface area contributed by atoms with E-state index in [1.54, 1.807) is 0 Å². The standard InChI is InChI=1S/C16H27/c1-6-14(3)10-8-12-16(5)13-9-11-15(4)7-2/h6,11-12H,1,7-10,13H2,2-5H3. The maximum Gasteiger partial charge on any atom is -0.0288 e. The van der Waals surface area contributed by atoms with Crippen LogP contribution in [0.2, 0.25) is 0 Å². The highest BCUT2D eigenvalue weighted by molar-refractivity contribution is 5.06. The molecule has 0 aromatic rings. The Bertz CT molecular complexity index is 264. The summed E-state index contributed by atoms with van der Waals surface area (Å²) >= 11 is 0. The first-order valence-electron chi connectivity index (χ1n) is 6.36. The molecule has 0 aliphatic heterocycles. The zero-order valence-electron chi connectivity index (χ0n) is 11.5. The van der Waals surface area contributed by atoms with Gasteiger partial charge in [0.15, 0.2) is 0 Å². The molecule has 0 unspecified atom stereocenters. The molecule has 0 heteroatoms. The number of hydrogen-bond acceptors (Lipinski definition) is 0. The van der Waals surface area contributed by atoms with Crippen molar-refractivity contribution in [3.63, 3.8) is 0 Å². The molecular formula is C16H27. The van der Waals surface area contributed by atoms with Crippen LogP contribution in [0.5, 0.6) is 0 Å². The van der Waals surface area contributed by atoms with Crippen molar-refractivity contribution in [2.75, 3.05) is 0 Å². The first-order chi connectivity index (χ1) is 7.60. The molecule has 0 amide bonds. The minimum Gasteiger partial charge on any atom is -0.0853 e. The molecule has 0 aromatic heterocycles. The molecule has 0 bridgehead atoms. The van der Waals surface area contributed by atoms with Gasteiger partial charge in [0.1, 0.15) is 0 Å². The Kier molecular flexibility index (Phi) is 8.99. The fourth-order valence-electron chi connectivity index (χ4n) is 1.44. The summed E-state index contributed by atoms with van der Waals surface area (Å²) in [6, 6.07) is 0. The summed E-state index contributed by atoms with van der Waals surface area (Å²) < 4.78 is 0. The first kappa shape index (κ1) is 15.2. The van der Waals surface area contributed by atoms with Crippen LogP contribution in [0.25, 0.3) is 0 Å². The Hall–Kier alpha value is -0.780. The van der Waals surface area contributed by atoms with E-state index in [1.807, 2.05) is 6.08 Å². The van der Waals surface area contributed by atoms with Gasteiger partial charge in [-0.2, -0.15) is 0 Å². The summed E-state index contributed by atoms with van der Waals surface area (Å²) in [7, 11) is 0. The Labute approximate surface area is 102 Å². The topological polar surface area (TPSA) is 0 Å². The fourth-order valence-corrected chi connectivity index (χ4v) is 1.44. The van der Waals surface area contributed by atoms with Crippen LogP contribution in [0.3, 0.4) is 0 Å². The van der Waals surface area contributed by atoms with Crippen LogP contribution in [0.4, 0.5) is 0 Å². The van der Waals surface area contributed by atoms with E-state index in [9.17, 15) is 0 Å². The smallest absolute Gasteiger partial charge is 0.0288 e. The van der Waals surface area contributed by atoms with Gasteiger partial charge in [-0.3, -0.25) is 0 Å². The van der Waals surface area contributed by atoms with Gasteiger partial charge in [0.25, 0.3) is 0 Å². The van der Waals surface area contributed by atoms with Crippen molar-refractivity contribution in [2.45, 2.75) is 59.8 Å². The highest BCUT2D eigenvalue weighted by Crippen LogP contribution is 2.11. The molecule has 0 saturated heterocycles. The van der Waals surface area contributed by atoms with Crippen molar-refractivity contribution in [3.8, 4) is 0 Å². The number of hydrogen-bond donors (Lipinski definition) is 0. The Balaban J connectivity index is 3.80. The summed E-state index contributed by atoms with van der Waals surface area (Å²) in [5.74, 6) is 0. The van der Waals surface area contributed by atoms with E-state index in [1.165, 1.54) is 36.0 Å². The number of rotatable bonds is 7. The molecule has 0 atom stereocenters. The van der Waals surface area contributed by atoms with Gasteiger partial charge in [-0.05, 0) is 59.8 Å². The van der Waals surface area contributed by atoms with Crippen LogP contribution >= 0.6 is 0 Å².